The van der Waals surface area contributed by atoms with Crippen molar-refractivity contribution in [1.82, 2.24) is 0 Å². The van der Waals surface area contributed by atoms with Gasteiger partial charge in [-0.2, -0.15) is 0 Å². The monoisotopic (exact) mass is 194 g/mol. The number of carbonyl (C=O) groups excluding carboxylic acids is 1. The number of unbranched alkanes of at least 4 members (excludes halogenated alkanes) is 1. The molecule has 0 aliphatic carbocycles. The van der Waals surface area contributed by atoms with E-state index in [1.54, 1.807) is 13.0 Å². The van der Waals surface area contributed by atoms with Gasteiger partial charge >= 0.3 is 5.97 Å². The van der Waals surface area contributed by atoms with Gasteiger partial charge in [-0.1, -0.05) is 12.2 Å². The fraction of sp³-hybridized carbons (Fsp3) is 0.500. The van der Waals surface area contributed by atoms with E-state index < -0.39 is 0 Å². The highest BCUT2D eigenvalue weighted by Crippen LogP contribution is 2.06. The van der Waals surface area contributed by atoms with Crippen LogP contribution in [0.4, 0.5) is 0 Å². The smallest absolute Gasteiger partial charge is 0.330 e. The minimum atomic E-state index is -0.246. The Hall–Kier alpha value is -1.27. The van der Waals surface area contributed by atoms with E-state index in [2.05, 4.69) is 12.3 Å². The second kappa shape index (κ2) is 8.33. The third kappa shape index (κ3) is 7.38. The first-order chi connectivity index (χ1) is 6.70. The van der Waals surface area contributed by atoms with Crippen LogP contribution < -0.4 is 0 Å². The number of rotatable bonds is 6. The van der Waals surface area contributed by atoms with Gasteiger partial charge in [0.15, 0.2) is 0 Å². The Morgan fingerprint density at radius 3 is 2.86 bits per heavy atom. The zero-order chi connectivity index (χ0) is 10.8. The summed E-state index contributed by atoms with van der Waals surface area (Å²) in [6, 6.07) is 0. The van der Waals surface area contributed by atoms with E-state index in [1.165, 1.54) is 0 Å². The topological polar surface area (TPSA) is 26.3 Å². The van der Waals surface area contributed by atoms with E-state index in [9.17, 15) is 4.79 Å². The molecule has 14 heavy (non-hydrogen) atoms. The lowest BCUT2D eigenvalue weighted by molar-refractivity contribution is -0.137. The number of carbonyl (C=O) groups is 1. The minimum Gasteiger partial charge on any atom is -0.463 e. The van der Waals surface area contributed by atoms with Crippen LogP contribution in [0.15, 0.2) is 30.0 Å². The zero-order valence-corrected chi connectivity index (χ0v) is 9.01. The van der Waals surface area contributed by atoms with Crippen molar-refractivity contribution in [3.63, 3.8) is 0 Å². The van der Waals surface area contributed by atoms with E-state index in [1.807, 2.05) is 13.0 Å². The van der Waals surface area contributed by atoms with Crippen molar-refractivity contribution in [3.05, 3.63) is 30.0 Å². The van der Waals surface area contributed by atoms with E-state index in [0.29, 0.717) is 6.61 Å². The summed E-state index contributed by atoms with van der Waals surface area (Å²) in [4.78, 5) is 11.0. The van der Waals surface area contributed by atoms with Gasteiger partial charge in [0.05, 0.1) is 6.61 Å². The fourth-order valence-corrected chi connectivity index (χ4v) is 1.04. The first-order valence-corrected chi connectivity index (χ1v) is 4.89. The molecule has 0 rings (SSSR count). The van der Waals surface area contributed by atoms with Gasteiger partial charge in [0.2, 0.25) is 0 Å². The molecule has 78 valence electrons. The summed E-state index contributed by atoms with van der Waals surface area (Å²) in [7, 11) is 0. The lowest BCUT2D eigenvalue weighted by Crippen LogP contribution is -2.00. The first kappa shape index (κ1) is 12.7. The predicted octanol–water partition coefficient (Wildman–Crippen LogP) is 3.01. The van der Waals surface area contributed by atoms with Crippen molar-refractivity contribution >= 4 is 5.97 Å². The van der Waals surface area contributed by atoms with Gasteiger partial charge in [-0.25, -0.2) is 4.79 Å². The van der Waals surface area contributed by atoms with Crippen molar-refractivity contribution in [2.24, 2.45) is 0 Å². The number of hydrogen-bond donors (Lipinski definition) is 0. The Morgan fingerprint density at radius 1 is 1.57 bits per heavy atom. The van der Waals surface area contributed by atoms with Crippen LogP contribution in [-0.4, -0.2) is 12.6 Å². The van der Waals surface area contributed by atoms with Crippen LogP contribution in [0.5, 0.6) is 0 Å². The van der Waals surface area contributed by atoms with E-state index in [-0.39, 0.29) is 5.97 Å². The molecule has 2 heteroatoms. The van der Waals surface area contributed by atoms with Gasteiger partial charge in [0.1, 0.15) is 0 Å². The average Bonchev–Trinajstić information content (AvgIpc) is 2.13. The van der Waals surface area contributed by atoms with Crippen LogP contribution in [0, 0.1) is 0 Å². The second-order valence-electron chi connectivity index (χ2n) is 3.04. The minimum absolute atomic E-state index is 0.246. The SMILES string of the molecule is C=C=CCCC/C(C)=C\C(=O)OCC. The summed E-state index contributed by atoms with van der Waals surface area (Å²) < 4.78 is 4.79. The summed E-state index contributed by atoms with van der Waals surface area (Å²) in [5, 5.41) is 0. The molecule has 0 aromatic carbocycles. The predicted molar refractivity (Wildman–Crippen MR) is 58.0 cm³/mol. The standard InChI is InChI=1S/C12H18O2/c1-4-6-7-8-9-11(3)10-12(13)14-5-2/h6,10H,1,5,7-9H2,2-3H3/b11-10-. The third-order valence-corrected chi connectivity index (χ3v) is 1.71. The zero-order valence-electron chi connectivity index (χ0n) is 9.01. The normalized spacial score (nSPS) is 10.6. The van der Waals surface area contributed by atoms with Gasteiger partial charge in [-0.05, 0) is 39.2 Å². The molecule has 0 spiro atoms. The van der Waals surface area contributed by atoms with Crippen LogP contribution in [-0.2, 0) is 9.53 Å². The summed E-state index contributed by atoms with van der Waals surface area (Å²) in [6.07, 6.45) is 6.34. The molecule has 0 fully saturated rings. The highest BCUT2D eigenvalue weighted by molar-refractivity contribution is 5.82. The van der Waals surface area contributed by atoms with Crippen molar-refractivity contribution in [2.75, 3.05) is 6.61 Å². The van der Waals surface area contributed by atoms with E-state index >= 15 is 0 Å². The van der Waals surface area contributed by atoms with Crippen molar-refractivity contribution in [3.8, 4) is 0 Å². The molecule has 0 unspecified atom stereocenters. The summed E-state index contributed by atoms with van der Waals surface area (Å²) in [6.45, 7) is 7.65. The molecule has 0 heterocycles. The molecule has 0 N–H and O–H groups in total. The van der Waals surface area contributed by atoms with Crippen LogP contribution in [0.1, 0.15) is 33.1 Å². The molecule has 0 bridgehead atoms. The van der Waals surface area contributed by atoms with Gasteiger partial charge in [0, 0.05) is 6.08 Å². The van der Waals surface area contributed by atoms with Crippen LogP contribution in [0.2, 0.25) is 0 Å². The molecule has 0 atom stereocenters. The maximum Gasteiger partial charge on any atom is 0.330 e. The Labute approximate surface area is 86.0 Å². The first-order valence-electron chi connectivity index (χ1n) is 4.89. The number of allylic oxidation sites excluding steroid dienone is 2. The number of esters is 1. The van der Waals surface area contributed by atoms with Gasteiger partial charge in [-0.15, -0.1) is 5.73 Å². The van der Waals surface area contributed by atoms with E-state index in [0.717, 1.165) is 24.8 Å². The molecular formula is C12H18O2. The van der Waals surface area contributed by atoms with Crippen LogP contribution in [0.3, 0.4) is 0 Å². The molecule has 0 aromatic heterocycles. The van der Waals surface area contributed by atoms with Crippen molar-refractivity contribution in [1.29, 1.82) is 0 Å². The molecule has 0 saturated carbocycles. The molecule has 0 aliphatic rings. The highest BCUT2D eigenvalue weighted by atomic mass is 16.5. The Morgan fingerprint density at radius 2 is 2.29 bits per heavy atom. The number of ether oxygens (including phenoxy) is 1. The molecule has 2 nitrogen and oxygen atoms in total. The van der Waals surface area contributed by atoms with Crippen LogP contribution >= 0.6 is 0 Å². The maximum absolute atomic E-state index is 11.0. The maximum atomic E-state index is 11.0. The lowest BCUT2D eigenvalue weighted by Gasteiger charge is -1.99. The van der Waals surface area contributed by atoms with Crippen molar-refractivity contribution < 1.29 is 9.53 Å². The molecule has 0 aliphatic heterocycles. The summed E-state index contributed by atoms with van der Waals surface area (Å²) in [5.74, 6) is -0.246. The fourth-order valence-electron chi connectivity index (χ4n) is 1.04. The highest BCUT2D eigenvalue weighted by Gasteiger charge is 1.97. The Kier molecular flexibility index (Phi) is 7.58. The molecule has 0 saturated heterocycles. The summed E-state index contributed by atoms with van der Waals surface area (Å²) >= 11 is 0. The largest absolute Gasteiger partial charge is 0.463 e. The average molecular weight is 194 g/mol. The van der Waals surface area contributed by atoms with Gasteiger partial charge < -0.3 is 4.74 Å². The Balaban J connectivity index is 3.76. The molecular weight excluding hydrogens is 176 g/mol. The quantitative estimate of drug-likeness (QED) is 0.281. The van der Waals surface area contributed by atoms with Crippen molar-refractivity contribution in [2.45, 2.75) is 33.1 Å². The van der Waals surface area contributed by atoms with Gasteiger partial charge in [0.25, 0.3) is 0 Å². The summed E-state index contributed by atoms with van der Waals surface area (Å²) in [5.41, 5.74) is 3.77. The lowest BCUT2D eigenvalue weighted by atomic mass is 10.1. The van der Waals surface area contributed by atoms with Crippen LogP contribution in [0.25, 0.3) is 0 Å². The second-order valence-corrected chi connectivity index (χ2v) is 3.04. The third-order valence-electron chi connectivity index (χ3n) is 1.71. The molecule has 0 aromatic rings. The molecule has 0 radical (unpaired) electrons. The van der Waals surface area contributed by atoms with E-state index in [4.69, 9.17) is 4.74 Å². The number of hydrogen-bond acceptors (Lipinski definition) is 2. The molecule has 0 amide bonds. The van der Waals surface area contributed by atoms with Gasteiger partial charge in [-0.3, -0.25) is 0 Å². The Bertz CT molecular complexity index is 245.